The highest BCUT2D eigenvalue weighted by atomic mass is 16.6. The van der Waals surface area contributed by atoms with E-state index in [0.29, 0.717) is 0 Å². The molecule has 1 saturated heterocycles. The van der Waals surface area contributed by atoms with Gasteiger partial charge < -0.3 is 4.74 Å². The second-order valence-electron chi connectivity index (χ2n) is 5.31. The van der Waals surface area contributed by atoms with Gasteiger partial charge in [0.2, 0.25) is 0 Å². The van der Waals surface area contributed by atoms with E-state index in [9.17, 15) is 0 Å². The van der Waals surface area contributed by atoms with E-state index in [4.69, 9.17) is 4.74 Å². The lowest BCUT2D eigenvalue weighted by molar-refractivity contribution is 0.381. The molecule has 0 saturated carbocycles. The molecule has 1 nitrogen and oxygen atoms in total. The number of hydrogen-bond donors (Lipinski definition) is 0. The number of hydrogen-bond acceptors (Lipinski definition) is 1. The molecule has 3 aromatic rings. The predicted molar refractivity (Wildman–Crippen MR) is 76.0 cm³/mol. The van der Waals surface area contributed by atoms with Gasteiger partial charge in [-0.1, -0.05) is 60.7 Å². The summed E-state index contributed by atoms with van der Waals surface area (Å²) >= 11 is 0. The first-order chi connectivity index (χ1) is 9.43. The summed E-state index contributed by atoms with van der Waals surface area (Å²) in [5.74, 6) is 0. The van der Waals surface area contributed by atoms with Crippen molar-refractivity contribution in [1.29, 1.82) is 0 Å². The van der Waals surface area contributed by atoms with Crippen molar-refractivity contribution in [2.24, 2.45) is 0 Å². The van der Waals surface area contributed by atoms with Crippen LogP contribution < -0.4 is 0 Å². The Morgan fingerprint density at radius 2 is 1.53 bits per heavy atom. The zero-order chi connectivity index (χ0) is 12.4. The molecule has 1 aliphatic carbocycles. The van der Waals surface area contributed by atoms with E-state index in [0.717, 1.165) is 0 Å². The Kier molecular flexibility index (Phi) is 1.67. The summed E-state index contributed by atoms with van der Waals surface area (Å²) in [6.07, 6.45) is 0.533. The van der Waals surface area contributed by atoms with Gasteiger partial charge >= 0.3 is 0 Å². The molecule has 0 aromatic heterocycles. The minimum atomic E-state index is 0.260. The lowest BCUT2D eigenvalue weighted by atomic mass is 9.83. The fourth-order valence-electron chi connectivity index (χ4n) is 3.40. The van der Waals surface area contributed by atoms with Crippen molar-refractivity contribution in [2.45, 2.75) is 12.2 Å². The van der Waals surface area contributed by atoms with Crippen molar-refractivity contribution >= 4 is 10.8 Å². The average Bonchev–Trinajstić information content (AvgIpc) is 3.27. The van der Waals surface area contributed by atoms with Gasteiger partial charge in [0.15, 0.2) is 0 Å². The molecule has 1 heterocycles. The lowest BCUT2D eigenvalue weighted by Gasteiger charge is -2.18. The smallest absolute Gasteiger partial charge is 0.115 e. The number of ether oxygens (including phenoxy) is 1. The van der Waals surface area contributed by atoms with Crippen LogP contribution in [-0.4, -0.2) is 0 Å². The Morgan fingerprint density at radius 1 is 0.684 bits per heavy atom. The van der Waals surface area contributed by atoms with Crippen LogP contribution in [0.4, 0.5) is 0 Å². The van der Waals surface area contributed by atoms with Crippen LogP contribution in [0, 0.1) is 0 Å². The largest absolute Gasteiger partial charge is 0.359 e. The maximum absolute atomic E-state index is 5.94. The van der Waals surface area contributed by atoms with Crippen LogP contribution in [0.3, 0.4) is 0 Å². The SMILES string of the molecule is c1ccc2c(c1)-c1ccc3ccccc3c1[C@@H]1O[C@H]21. The third-order valence-corrected chi connectivity index (χ3v) is 4.30. The Bertz CT molecular complexity index is 819. The van der Waals surface area contributed by atoms with Crippen LogP contribution in [0.2, 0.25) is 0 Å². The summed E-state index contributed by atoms with van der Waals surface area (Å²) in [6, 6.07) is 21.7. The normalized spacial score (nSPS) is 22.5. The minimum Gasteiger partial charge on any atom is -0.359 e. The van der Waals surface area contributed by atoms with Crippen LogP contribution in [0.5, 0.6) is 0 Å². The van der Waals surface area contributed by atoms with Gasteiger partial charge in [-0.2, -0.15) is 0 Å². The zero-order valence-corrected chi connectivity index (χ0v) is 10.3. The van der Waals surface area contributed by atoms with Crippen molar-refractivity contribution < 1.29 is 4.74 Å². The van der Waals surface area contributed by atoms with Crippen molar-refractivity contribution in [3.05, 3.63) is 71.8 Å². The fraction of sp³-hybridized carbons (Fsp3) is 0.111. The third-order valence-electron chi connectivity index (χ3n) is 4.30. The van der Waals surface area contributed by atoms with Gasteiger partial charge in [-0.15, -0.1) is 0 Å². The second kappa shape index (κ2) is 3.25. The highest BCUT2D eigenvalue weighted by Gasteiger charge is 2.47. The average molecular weight is 244 g/mol. The molecular weight excluding hydrogens is 232 g/mol. The molecule has 3 aromatic carbocycles. The highest BCUT2D eigenvalue weighted by molar-refractivity contribution is 5.94. The summed E-state index contributed by atoms with van der Waals surface area (Å²) < 4.78 is 5.94. The summed E-state index contributed by atoms with van der Waals surface area (Å²) in [5.41, 5.74) is 5.40. The molecule has 0 spiro atoms. The maximum atomic E-state index is 5.94. The Hall–Kier alpha value is -2.12. The van der Waals surface area contributed by atoms with Crippen LogP contribution in [-0.2, 0) is 4.74 Å². The summed E-state index contributed by atoms with van der Waals surface area (Å²) in [6.45, 7) is 0. The van der Waals surface area contributed by atoms with Gasteiger partial charge in [0.1, 0.15) is 12.2 Å². The number of rotatable bonds is 0. The standard InChI is InChI=1S/C18H12O/c1-2-6-12-11(5-1)9-10-14-13-7-3-4-8-15(13)17-18(19-17)16(12)14/h1-10,17-18H/t17-,18+/m1/s1. The molecule has 0 bridgehead atoms. The van der Waals surface area contributed by atoms with Crippen molar-refractivity contribution in [1.82, 2.24) is 0 Å². The monoisotopic (exact) mass is 244 g/mol. The van der Waals surface area contributed by atoms with E-state index in [1.807, 2.05) is 0 Å². The van der Waals surface area contributed by atoms with Gasteiger partial charge in [-0.25, -0.2) is 0 Å². The van der Waals surface area contributed by atoms with E-state index in [2.05, 4.69) is 60.7 Å². The molecule has 2 atom stereocenters. The highest BCUT2D eigenvalue weighted by Crippen LogP contribution is 2.60. The predicted octanol–water partition coefficient (Wildman–Crippen LogP) is 4.63. The van der Waals surface area contributed by atoms with Crippen LogP contribution in [0.1, 0.15) is 23.3 Å². The maximum Gasteiger partial charge on any atom is 0.115 e. The molecule has 0 amide bonds. The second-order valence-corrected chi connectivity index (χ2v) is 5.31. The van der Waals surface area contributed by atoms with Crippen molar-refractivity contribution in [3.8, 4) is 11.1 Å². The first-order valence-corrected chi connectivity index (χ1v) is 6.70. The molecule has 2 aliphatic rings. The number of benzene rings is 3. The molecule has 1 fully saturated rings. The number of fused-ring (bicyclic) bond motifs is 8. The van der Waals surface area contributed by atoms with Gasteiger partial charge in [0.05, 0.1) is 0 Å². The lowest BCUT2D eigenvalue weighted by Crippen LogP contribution is -1.99. The molecule has 1 aliphatic heterocycles. The topological polar surface area (TPSA) is 12.5 Å². The zero-order valence-electron chi connectivity index (χ0n) is 10.3. The quantitative estimate of drug-likeness (QED) is 0.525. The van der Waals surface area contributed by atoms with Gasteiger partial charge in [0, 0.05) is 0 Å². The molecule has 0 unspecified atom stereocenters. The van der Waals surface area contributed by atoms with Crippen molar-refractivity contribution in [2.75, 3.05) is 0 Å². The molecular formula is C18H12O. The Labute approximate surface area is 111 Å². The molecule has 5 rings (SSSR count). The van der Waals surface area contributed by atoms with E-state index in [1.54, 1.807) is 0 Å². The molecule has 1 heteroatoms. The summed E-state index contributed by atoms with van der Waals surface area (Å²) in [4.78, 5) is 0. The van der Waals surface area contributed by atoms with Gasteiger partial charge in [-0.05, 0) is 33.0 Å². The minimum absolute atomic E-state index is 0.260. The first-order valence-electron chi connectivity index (χ1n) is 6.70. The molecule has 0 N–H and O–H groups in total. The number of epoxide rings is 1. The molecule has 19 heavy (non-hydrogen) atoms. The van der Waals surface area contributed by atoms with Crippen LogP contribution >= 0.6 is 0 Å². The Morgan fingerprint density at radius 3 is 2.53 bits per heavy atom. The van der Waals surface area contributed by atoms with Gasteiger partial charge in [-0.3, -0.25) is 0 Å². The Balaban J connectivity index is 1.94. The molecule has 0 radical (unpaired) electrons. The fourth-order valence-corrected chi connectivity index (χ4v) is 3.40. The van der Waals surface area contributed by atoms with E-state index in [-0.39, 0.29) is 12.2 Å². The van der Waals surface area contributed by atoms with E-state index in [1.165, 1.54) is 33.0 Å². The van der Waals surface area contributed by atoms with Crippen molar-refractivity contribution in [3.63, 3.8) is 0 Å². The third kappa shape index (κ3) is 1.18. The van der Waals surface area contributed by atoms with E-state index < -0.39 is 0 Å². The summed E-state index contributed by atoms with van der Waals surface area (Å²) in [5, 5.41) is 2.64. The van der Waals surface area contributed by atoms with Crippen LogP contribution in [0.15, 0.2) is 60.7 Å². The van der Waals surface area contributed by atoms with Gasteiger partial charge in [0.25, 0.3) is 0 Å². The molecule has 90 valence electrons. The van der Waals surface area contributed by atoms with Crippen LogP contribution in [0.25, 0.3) is 21.9 Å². The summed E-state index contributed by atoms with van der Waals surface area (Å²) in [7, 11) is 0. The van der Waals surface area contributed by atoms with E-state index >= 15 is 0 Å². The first kappa shape index (κ1) is 9.76.